The number of benzene rings is 2. The van der Waals surface area contributed by atoms with Crippen LogP contribution in [0, 0.1) is 0 Å². The molecule has 0 radical (unpaired) electrons. The maximum absolute atomic E-state index is 13.8. The molecule has 0 aromatic heterocycles. The molecule has 2 aromatic rings. The Bertz CT molecular complexity index is 768. The van der Waals surface area contributed by atoms with Crippen molar-refractivity contribution in [3.63, 3.8) is 0 Å². The highest BCUT2D eigenvalue weighted by atomic mass is 19.4. The van der Waals surface area contributed by atoms with Gasteiger partial charge in [-0.15, -0.1) is 0 Å². The minimum atomic E-state index is -5.62. The molecule has 3 rings (SSSR count). The molecule has 0 spiro atoms. The first-order valence-electron chi connectivity index (χ1n) is 8.48. The van der Waals surface area contributed by atoms with E-state index in [0.29, 0.717) is 26.2 Å². The first-order chi connectivity index (χ1) is 12.7. The summed E-state index contributed by atoms with van der Waals surface area (Å²) in [6.07, 6.45) is -5.62. The van der Waals surface area contributed by atoms with Gasteiger partial charge in [-0.25, -0.2) is 0 Å². The van der Waals surface area contributed by atoms with E-state index in [0.717, 1.165) is 11.8 Å². The molecule has 0 aliphatic carbocycles. The minimum Gasteiger partial charge on any atom is -0.508 e. The second-order valence-electron chi connectivity index (χ2n) is 6.51. The van der Waals surface area contributed by atoms with Crippen LogP contribution >= 0.6 is 0 Å². The number of aromatic hydroxyl groups is 1. The summed E-state index contributed by atoms with van der Waals surface area (Å²) in [5.74, 6) is -4.71. The molecular formula is C19H19F5N2O. The van der Waals surface area contributed by atoms with E-state index >= 15 is 0 Å². The summed E-state index contributed by atoms with van der Waals surface area (Å²) in [6.45, 7) is 2.33. The maximum Gasteiger partial charge on any atom is 0.458 e. The number of anilines is 1. The summed E-state index contributed by atoms with van der Waals surface area (Å²) < 4.78 is 65.9. The molecule has 146 valence electrons. The van der Waals surface area contributed by atoms with E-state index in [9.17, 15) is 27.1 Å². The average Bonchev–Trinajstić information content (AvgIpc) is 2.62. The van der Waals surface area contributed by atoms with Gasteiger partial charge in [0.25, 0.3) is 0 Å². The summed E-state index contributed by atoms with van der Waals surface area (Å²) in [7, 11) is 0. The number of halogens is 5. The number of alkyl halides is 5. The molecule has 27 heavy (non-hydrogen) atoms. The zero-order chi connectivity index (χ0) is 19.7. The van der Waals surface area contributed by atoms with E-state index in [1.54, 1.807) is 24.3 Å². The largest absolute Gasteiger partial charge is 0.508 e. The third-order valence-corrected chi connectivity index (χ3v) is 4.69. The smallest absolute Gasteiger partial charge is 0.458 e. The van der Waals surface area contributed by atoms with Gasteiger partial charge < -0.3 is 10.0 Å². The van der Waals surface area contributed by atoms with Gasteiger partial charge in [-0.3, -0.25) is 4.90 Å². The molecule has 0 saturated carbocycles. The molecule has 1 aliphatic heterocycles. The predicted octanol–water partition coefficient (Wildman–Crippen LogP) is 4.37. The second kappa shape index (κ2) is 7.34. The Morgan fingerprint density at radius 3 is 2.00 bits per heavy atom. The van der Waals surface area contributed by atoms with Crippen LogP contribution in [0.3, 0.4) is 0 Å². The highest BCUT2D eigenvalue weighted by molar-refractivity contribution is 5.49. The van der Waals surface area contributed by atoms with Crippen molar-refractivity contribution in [1.29, 1.82) is 0 Å². The fourth-order valence-corrected chi connectivity index (χ4v) is 3.19. The molecule has 0 amide bonds. The van der Waals surface area contributed by atoms with Crippen molar-refractivity contribution in [3.8, 4) is 5.75 Å². The monoisotopic (exact) mass is 386 g/mol. The first kappa shape index (κ1) is 19.4. The Morgan fingerprint density at radius 2 is 1.41 bits per heavy atom. The third kappa shape index (κ3) is 4.16. The highest BCUT2D eigenvalue weighted by Gasteiger charge is 2.59. The molecule has 0 atom stereocenters. The quantitative estimate of drug-likeness (QED) is 0.791. The molecule has 1 aliphatic rings. The van der Waals surface area contributed by atoms with Crippen molar-refractivity contribution in [1.82, 2.24) is 4.90 Å². The van der Waals surface area contributed by atoms with Gasteiger partial charge in [0.1, 0.15) is 5.75 Å². The lowest BCUT2D eigenvalue weighted by Gasteiger charge is -2.36. The van der Waals surface area contributed by atoms with Gasteiger partial charge in [0, 0.05) is 44.0 Å². The lowest BCUT2D eigenvalue weighted by molar-refractivity contribution is -0.289. The van der Waals surface area contributed by atoms with Gasteiger partial charge >= 0.3 is 12.1 Å². The number of hydrogen-bond donors (Lipinski definition) is 1. The number of nitrogens with zero attached hydrogens (tertiary/aromatic N) is 2. The van der Waals surface area contributed by atoms with Crippen LogP contribution < -0.4 is 4.90 Å². The van der Waals surface area contributed by atoms with Gasteiger partial charge in [0.15, 0.2) is 0 Å². The van der Waals surface area contributed by atoms with E-state index < -0.39 is 17.7 Å². The Balaban J connectivity index is 1.69. The standard InChI is InChI=1S/C19H19F5N2O/c20-18(21,19(22,23)24)17-4-2-1-3-14(17)13-25-9-11-26(12-10-25)15-5-7-16(27)8-6-15/h1-8,27H,9-13H2. The Hall–Kier alpha value is -2.35. The zero-order valence-electron chi connectivity index (χ0n) is 14.4. The van der Waals surface area contributed by atoms with Crippen molar-refractivity contribution < 1.29 is 27.1 Å². The minimum absolute atomic E-state index is 0.0158. The van der Waals surface area contributed by atoms with Crippen molar-refractivity contribution in [3.05, 3.63) is 59.7 Å². The Labute approximate surface area is 153 Å². The summed E-state index contributed by atoms with van der Waals surface area (Å²) in [5, 5.41) is 9.34. The molecule has 1 N–H and O–H groups in total. The van der Waals surface area contributed by atoms with Crippen LogP contribution in [0.2, 0.25) is 0 Å². The molecule has 0 bridgehead atoms. The molecule has 0 unspecified atom stereocenters. The third-order valence-electron chi connectivity index (χ3n) is 4.69. The molecule has 8 heteroatoms. The van der Waals surface area contributed by atoms with Gasteiger partial charge in [-0.05, 0) is 29.8 Å². The fraction of sp³-hybridized carbons (Fsp3) is 0.368. The summed E-state index contributed by atoms with van der Waals surface area (Å²) in [5.41, 5.74) is -0.0761. The number of phenolic OH excluding ortho intramolecular Hbond substituents is 1. The molecule has 1 heterocycles. The lowest BCUT2D eigenvalue weighted by Crippen LogP contribution is -2.46. The van der Waals surface area contributed by atoms with Crippen LogP contribution in [0.25, 0.3) is 0 Å². The van der Waals surface area contributed by atoms with Crippen molar-refractivity contribution >= 4 is 5.69 Å². The van der Waals surface area contributed by atoms with Crippen LogP contribution in [0.1, 0.15) is 11.1 Å². The molecule has 1 saturated heterocycles. The Morgan fingerprint density at radius 1 is 0.815 bits per heavy atom. The topological polar surface area (TPSA) is 26.7 Å². The first-order valence-corrected chi connectivity index (χ1v) is 8.48. The number of phenols is 1. The fourth-order valence-electron chi connectivity index (χ4n) is 3.19. The zero-order valence-corrected chi connectivity index (χ0v) is 14.4. The van der Waals surface area contributed by atoms with Crippen LogP contribution in [0.4, 0.5) is 27.6 Å². The molecule has 1 fully saturated rings. The van der Waals surface area contributed by atoms with Crippen LogP contribution in [-0.4, -0.2) is 42.4 Å². The van der Waals surface area contributed by atoms with Gasteiger partial charge in [0.2, 0.25) is 0 Å². The normalized spacial score (nSPS) is 16.6. The lowest BCUT2D eigenvalue weighted by atomic mass is 10.0. The SMILES string of the molecule is Oc1ccc(N2CCN(Cc3ccccc3C(F)(F)C(F)(F)F)CC2)cc1. The van der Waals surface area contributed by atoms with E-state index in [-0.39, 0.29) is 17.9 Å². The molecular weight excluding hydrogens is 367 g/mol. The van der Waals surface area contributed by atoms with E-state index in [4.69, 9.17) is 0 Å². The summed E-state index contributed by atoms with van der Waals surface area (Å²) >= 11 is 0. The predicted molar refractivity (Wildman–Crippen MR) is 92.0 cm³/mol. The van der Waals surface area contributed by atoms with Crippen molar-refractivity contribution in [2.24, 2.45) is 0 Å². The van der Waals surface area contributed by atoms with Crippen LogP contribution in [0.15, 0.2) is 48.5 Å². The van der Waals surface area contributed by atoms with Gasteiger partial charge in [-0.1, -0.05) is 24.3 Å². The van der Waals surface area contributed by atoms with Gasteiger partial charge in [0.05, 0.1) is 0 Å². The van der Waals surface area contributed by atoms with Crippen molar-refractivity contribution in [2.75, 3.05) is 31.1 Å². The molecule has 2 aromatic carbocycles. The maximum atomic E-state index is 13.8. The second-order valence-corrected chi connectivity index (χ2v) is 6.51. The van der Waals surface area contributed by atoms with Crippen LogP contribution in [0.5, 0.6) is 5.75 Å². The summed E-state index contributed by atoms with van der Waals surface area (Å²) in [6, 6.07) is 11.6. The van der Waals surface area contributed by atoms with E-state index in [2.05, 4.69) is 4.90 Å². The number of hydrogen-bond acceptors (Lipinski definition) is 3. The van der Waals surface area contributed by atoms with Crippen molar-refractivity contribution in [2.45, 2.75) is 18.6 Å². The average molecular weight is 386 g/mol. The highest BCUT2D eigenvalue weighted by Crippen LogP contribution is 2.45. The summed E-state index contributed by atoms with van der Waals surface area (Å²) in [4.78, 5) is 3.94. The Kier molecular flexibility index (Phi) is 5.28. The van der Waals surface area contributed by atoms with Crippen LogP contribution in [-0.2, 0) is 12.5 Å². The van der Waals surface area contributed by atoms with Gasteiger partial charge in [-0.2, -0.15) is 22.0 Å². The van der Waals surface area contributed by atoms with E-state index in [1.165, 1.54) is 18.2 Å². The molecule has 3 nitrogen and oxygen atoms in total. The number of piperazine rings is 1. The number of rotatable bonds is 4. The van der Waals surface area contributed by atoms with E-state index in [1.807, 2.05) is 4.90 Å².